The molecule has 28 heavy (non-hydrogen) atoms. The Kier molecular flexibility index (Phi) is 5.93. The van der Waals surface area contributed by atoms with Crippen molar-refractivity contribution in [3.8, 4) is 11.3 Å². The van der Waals surface area contributed by atoms with Crippen molar-refractivity contribution in [2.24, 2.45) is 5.92 Å². The van der Waals surface area contributed by atoms with E-state index in [2.05, 4.69) is 31.1 Å². The number of hydrogen-bond acceptors (Lipinski definition) is 3. The molecule has 0 aliphatic heterocycles. The Balaban J connectivity index is 1.81. The maximum Gasteiger partial charge on any atom is 0.254 e. The van der Waals surface area contributed by atoms with Crippen molar-refractivity contribution < 1.29 is 13.7 Å². The van der Waals surface area contributed by atoms with Crippen LogP contribution < -0.4 is 0 Å². The number of nitrogens with zero attached hydrogens (tertiary/aromatic N) is 2. The topological polar surface area (TPSA) is 46.3 Å². The Bertz CT molecular complexity index is 961. The first kappa shape index (κ1) is 19.8. The quantitative estimate of drug-likeness (QED) is 0.575. The Morgan fingerprint density at radius 2 is 1.79 bits per heavy atom. The predicted octanol–water partition coefficient (Wildman–Crippen LogP) is 5.40. The molecule has 2 aromatic carbocycles. The molecule has 146 valence electrons. The van der Waals surface area contributed by atoms with Crippen molar-refractivity contribution in [1.82, 2.24) is 10.1 Å². The number of rotatable bonds is 6. The lowest BCUT2D eigenvalue weighted by Crippen LogP contribution is -2.33. The zero-order valence-corrected chi connectivity index (χ0v) is 16.7. The van der Waals surface area contributed by atoms with E-state index in [1.807, 2.05) is 26.0 Å². The van der Waals surface area contributed by atoms with Crippen LogP contribution in [0.25, 0.3) is 11.3 Å². The maximum atomic E-state index is 13.2. The summed E-state index contributed by atoms with van der Waals surface area (Å²) in [5, 5.41) is 4.15. The number of hydrogen-bond donors (Lipinski definition) is 0. The fraction of sp³-hybridized carbons (Fsp3) is 0.304. The first-order valence-corrected chi connectivity index (χ1v) is 9.41. The number of aryl methyl sites for hydroxylation is 2. The summed E-state index contributed by atoms with van der Waals surface area (Å²) in [6.07, 6.45) is 0. The molecular formula is C23H25FN2O2. The van der Waals surface area contributed by atoms with Gasteiger partial charge in [-0.25, -0.2) is 4.39 Å². The average molecular weight is 380 g/mol. The molecule has 0 aliphatic carbocycles. The van der Waals surface area contributed by atoms with Crippen LogP contribution in [0.15, 0.2) is 53.1 Å². The van der Waals surface area contributed by atoms with Gasteiger partial charge < -0.3 is 9.42 Å². The number of halogens is 1. The van der Waals surface area contributed by atoms with E-state index in [1.165, 1.54) is 35.4 Å². The molecule has 3 aromatic rings. The summed E-state index contributed by atoms with van der Waals surface area (Å²) in [5.41, 5.74) is 4.51. The number of amides is 1. The molecule has 0 spiro atoms. The van der Waals surface area contributed by atoms with Gasteiger partial charge in [0.2, 0.25) is 0 Å². The minimum absolute atomic E-state index is 0.149. The van der Waals surface area contributed by atoms with Gasteiger partial charge in [0.15, 0.2) is 5.76 Å². The Hall–Kier alpha value is -2.95. The minimum atomic E-state index is -0.360. The highest BCUT2D eigenvalue weighted by molar-refractivity contribution is 5.94. The molecule has 0 atom stereocenters. The summed E-state index contributed by atoms with van der Waals surface area (Å²) in [6.45, 7) is 9.13. The van der Waals surface area contributed by atoms with Crippen molar-refractivity contribution in [3.05, 3.63) is 76.7 Å². The van der Waals surface area contributed by atoms with Crippen LogP contribution in [0, 0.1) is 25.6 Å². The number of benzene rings is 2. The SMILES string of the molecule is Cc1ccc(-c2cc(CN(CC(C)C)C(=O)c3ccc(F)cc3)no2)cc1C. The third kappa shape index (κ3) is 4.66. The predicted molar refractivity (Wildman–Crippen MR) is 107 cm³/mol. The monoisotopic (exact) mass is 380 g/mol. The van der Waals surface area contributed by atoms with Crippen molar-refractivity contribution in [2.45, 2.75) is 34.2 Å². The van der Waals surface area contributed by atoms with Crippen molar-refractivity contribution >= 4 is 5.91 Å². The zero-order chi connectivity index (χ0) is 20.3. The average Bonchev–Trinajstić information content (AvgIpc) is 3.12. The van der Waals surface area contributed by atoms with Crippen molar-refractivity contribution in [3.63, 3.8) is 0 Å². The number of carbonyl (C=O) groups is 1. The van der Waals surface area contributed by atoms with Crippen LogP contribution >= 0.6 is 0 Å². The van der Waals surface area contributed by atoms with Crippen LogP contribution in [0.5, 0.6) is 0 Å². The first-order valence-electron chi connectivity index (χ1n) is 9.41. The van der Waals surface area contributed by atoms with Crippen molar-refractivity contribution in [2.75, 3.05) is 6.54 Å². The number of carbonyl (C=O) groups excluding carboxylic acids is 1. The van der Waals surface area contributed by atoms with Gasteiger partial charge in [0, 0.05) is 23.7 Å². The van der Waals surface area contributed by atoms with E-state index < -0.39 is 0 Å². The lowest BCUT2D eigenvalue weighted by molar-refractivity contribution is 0.0718. The van der Waals surface area contributed by atoms with E-state index >= 15 is 0 Å². The second kappa shape index (κ2) is 8.38. The van der Waals surface area contributed by atoms with Crippen LogP contribution in [0.1, 0.15) is 41.0 Å². The molecule has 0 saturated carbocycles. The summed E-state index contributed by atoms with van der Waals surface area (Å²) in [5.74, 6) is 0.457. The van der Waals surface area contributed by atoms with Crippen LogP contribution in [-0.4, -0.2) is 22.5 Å². The first-order chi connectivity index (χ1) is 13.3. The second-order valence-electron chi connectivity index (χ2n) is 7.57. The van der Waals surface area contributed by atoms with Gasteiger partial charge in [0.1, 0.15) is 11.5 Å². The molecule has 1 heterocycles. The molecule has 1 amide bonds. The Morgan fingerprint density at radius 1 is 1.07 bits per heavy atom. The van der Waals surface area contributed by atoms with Crippen LogP contribution in [0.4, 0.5) is 4.39 Å². The van der Waals surface area contributed by atoms with E-state index in [-0.39, 0.29) is 17.6 Å². The summed E-state index contributed by atoms with van der Waals surface area (Å²) in [6, 6.07) is 13.6. The van der Waals surface area contributed by atoms with Crippen LogP contribution in [-0.2, 0) is 6.54 Å². The lowest BCUT2D eigenvalue weighted by atomic mass is 10.0. The molecule has 1 aromatic heterocycles. The van der Waals surface area contributed by atoms with E-state index in [0.29, 0.717) is 30.1 Å². The normalized spacial score (nSPS) is 11.1. The zero-order valence-electron chi connectivity index (χ0n) is 16.7. The highest BCUT2D eigenvalue weighted by atomic mass is 19.1. The van der Waals surface area contributed by atoms with E-state index in [0.717, 1.165) is 5.56 Å². The van der Waals surface area contributed by atoms with E-state index in [4.69, 9.17) is 4.52 Å². The largest absolute Gasteiger partial charge is 0.356 e. The van der Waals surface area contributed by atoms with Gasteiger partial charge in [-0.3, -0.25) is 4.79 Å². The minimum Gasteiger partial charge on any atom is -0.356 e. The van der Waals surface area contributed by atoms with Crippen molar-refractivity contribution in [1.29, 1.82) is 0 Å². The van der Waals surface area contributed by atoms with Gasteiger partial charge >= 0.3 is 0 Å². The molecule has 0 unspecified atom stereocenters. The van der Waals surface area contributed by atoms with Gasteiger partial charge in [0.05, 0.1) is 6.54 Å². The summed E-state index contributed by atoms with van der Waals surface area (Å²) < 4.78 is 18.7. The Morgan fingerprint density at radius 3 is 2.43 bits per heavy atom. The van der Waals surface area contributed by atoms with E-state index in [9.17, 15) is 9.18 Å². The molecule has 0 radical (unpaired) electrons. The highest BCUT2D eigenvalue weighted by Gasteiger charge is 2.19. The van der Waals surface area contributed by atoms with Gasteiger partial charge in [-0.15, -0.1) is 0 Å². The molecule has 3 rings (SSSR count). The molecule has 4 nitrogen and oxygen atoms in total. The molecule has 0 N–H and O–H groups in total. The smallest absolute Gasteiger partial charge is 0.254 e. The van der Waals surface area contributed by atoms with Gasteiger partial charge in [-0.2, -0.15) is 0 Å². The van der Waals surface area contributed by atoms with E-state index in [1.54, 1.807) is 4.90 Å². The summed E-state index contributed by atoms with van der Waals surface area (Å²) in [7, 11) is 0. The Labute approximate surface area is 165 Å². The molecule has 5 heteroatoms. The lowest BCUT2D eigenvalue weighted by Gasteiger charge is -2.23. The maximum absolute atomic E-state index is 13.2. The molecule has 0 fully saturated rings. The molecular weight excluding hydrogens is 355 g/mol. The molecule has 0 bridgehead atoms. The standard InChI is InChI=1S/C23H25FN2O2/c1-15(2)13-26(23(27)18-7-9-20(24)10-8-18)14-21-12-22(28-25-21)19-6-5-16(3)17(4)11-19/h5-12,15H,13-14H2,1-4H3. The molecule has 0 aliphatic rings. The third-order valence-corrected chi connectivity index (χ3v) is 4.67. The molecule has 0 saturated heterocycles. The fourth-order valence-corrected chi connectivity index (χ4v) is 3.05. The van der Waals surface area contributed by atoms with Crippen LogP contribution in [0.3, 0.4) is 0 Å². The summed E-state index contributed by atoms with van der Waals surface area (Å²) >= 11 is 0. The van der Waals surface area contributed by atoms with Gasteiger partial charge in [0.25, 0.3) is 5.91 Å². The van der Waals surface area contributed by atoms with Gasteiger partial charge in [-0.1, -0.05) is 31.1 Å². The fourth-order valence-electron chi connectivity index (χ4n) is 3.05. The van der Waals surface area contributed by atoms with Crippen LogP contribution in [0.2, 0.25) is 0 Å². The number of aromatic nitrogens is 1. The second-order valence-corrected chi connectivity index (χ2v) is 7.57. The third-order valence-electron chi connectivity index (χ3n) is 4.67. The summed E-state index contributed by atoms with van der Waals surface area (Å²) in [4.78, 5) is 14.6. The van der Waals surface area contributed by atoms with Gasteiger partial charge in [-0.05, 0) is 61.2 Å². The highest BCUT2D eigenvalue weighted by Crippen LogP contribution is 2.24.